The monoisotopic (exact) mass is 342 g/mol. The number of hydrogen-bond donors (Lipinski definition) is 1. The Balaban J connectivity index is 1.93. The maximum absolute atomic E-state index is 12.5. The quantitative estimate of drug-likeness (QED) is 0.850. The van der Waals surface area contributed by atoms with E-state index in [2.05, 4.69) is 5.32 Å². The highest BCUT2D eigenvalue weighted by molar-refractivity contribution is 6.34. The number of anilines is 1. The standard InChI is InChI=1S/C18H15ClN2O3/c1-9-6-10(2)15(14(19)7-9)20-16(22)11-4-5-12-13(8-11)18(24)21(3)17(12)23/h4-8H,1-3H3,(H,20,22). The molecule has 0 unspecified atom stereocenters. The number of carbonyl (C=O) groups excluding carboxylic acids is 3. The minimum atomic E-state index is -0.408. The molecule has 122 valence electrons. The number of nitrogens with one attached hydrogen (secondary N) is 1. The molecule has 1 aliphatic rings. The van der Waals surface area contributed by atoms with Crippen LogP contribution in [0.5, 0.6) is 0 Å². The third-order valence-electron chi connectivity index (χ3n) is 4.02. The van der Waals surface area contributed by atoms with Crippen LogP contribution in [-0.4, -0.2) is 29.7 Å². The van der Waals surface area contributed by atoms with E-state index in [-0.39, 0.29) is 17.4 Å². The lowest BCUT2D eigenvalue weighted by molar-refractivity contribution is 0.0693. The first-order valence-electron chi connectivity index (χ1n) is 7.34. The fourth-order valence-electron chi connectivity index (χ4n) is 2.76. The molecule has 0 spiro atoms. The van der Waals surface area contributed by atoms with Crippen LogP contribution in [0.25, 0.3) is 0 Å². The molecule has 0 radical (unpaired) electrons. The van der Waals surface area contributed by atoms with Crippen molar-refractivity contribution in [2.45, 2.75) is 13.8 Å². The summed E-state index contributed by atoms with van der Waals surface area (Å²) in [5.74, 6) is -1.16. The number of amides is 3. The van der Waals surface area contributed by atoms with Crippen molar-refractivity contribution >= 4 is 35.0 Å². The van der Waals surface area contributed by atoms with E-state index < -0.39 is 5.91 Å². The number of hydrogen-bond acceptors (Lipinski definition) is 3. The first-order chi connectivity index (χ1) is 11.3. The fraction of sp³-hybridized carbons (Fsp3) is 0.167. The normalized spacial score (nSPS) is 13.2. The van der Waals surface area contributed by atoms with Gasteiger partial charge in [-0.15, -0.1) is 0 Å². The number of benzene rings is 2. The molecule has 0 aliphatic carbocycles. The van der Waals surface area contributed by atoms with E-state index >= 15 is 0 Å². The van der Waals surface area contributed by atoms with Gasteiger partial charge >= 0.3 is 0 Å². The van der Waals surface area contributed by atoms with Gasteiger partial charge < -0.3 is 5.32 Å². The predicted octanol–water partition coefficient (Wildman–Crippen LogP) is 3.43. The van der Waals surface area contributed by atoms with Crippen LogP contribution in [0.1, 0.15) is 42.2 Å². The van der Waals surface area contributed by atoms with Crippen LogP contribution >= 0.6 is 11.6 Å². The highest BCUT2D eigenvalue weighted by Crippen LogP contribution is 2.28. The Labute approximate surface area is 144 Å². The van der Waals surface area contributed by atoms with Crippen LogP contribution < -0.4 is 5.32 Å². The van der Waals surface area contributed by atoms with Gasteiger partial charge in [0.2, 0.25) is 0 Å². The van der Waals surface area contributed by atoms with Crippen LogP contribution in [0, 0.1) is 13.8 Å². The summed E-state index contributed by atoms with van der Waals surface area (Å²) in [7, 11) is 1.42. The largest absolute Gasteiger partial charge is 0.320 e. The first-order valence-corrected chi connectivity index (χ1v) is 7.72. The highest BCUT2D eigenvalue weighted by atomic mass is 35.5. The third kappa shape index (κ3) is 2.57. The molecule has 6 heteroatoms. The van der Waals surface area contributed by atoms with Gasteiger partial charge in [-0.1, -0.05) is 17.7 Å². The van der Waals surface area contributed by atoms with E-state index in [4.69, 9.17) is 11.6 Å². The fourth-order valence-corrected chi connectivity index (χ4v) is 3.13. The van der Waals surface area contributed by atoms with Crippen molar-refractivity contribution < 1.29 is 14.4 Å². The molecule has 0 fully saturated rings. The number of nitrogens with zero attached hydrogens (tertiary/aromatic N) is 1. The molecular formula is C18H15ClN2O3. The predicted molar refractivity (Wildman–Crippen MR) is 91.7 cm³/mol. The summed E-state index contributed by atoms with van der Waals surface area (Å²) in [6, 6.07) is 8.14. The van der Waals surface area contributed by atoms with E-state index in [1.165, 1.54) is 25.2 Å². The molecule has 5 nitrogen and oxygen atoms in total. The van der Waals surface area contributed by atoms with Gasteiger partial charge in [0.15, 0.2) is 0 Å². The lowest BCUT2D eigenvalue weighted by atomic mass is 10.0. The summed E-state index contributed by atoms with van der Waals surface area (Å²) >= 11 is 6.20. The molecule has 1 aliphatic heterocycles. The highest BCUT2D eigenvalue weighted by Gasteiger charge is 2.33. The number of aryl methyl sites for hydroxylation is 2. The van der Waals surface area contributed by atoms with Crippen molar-refractivity contribution in [2.24, 2.45) is 0 Å². The van der Waals surface area contributed by atoms with Gasteiger partial charge in [0.25, 0.3) is 17.7 Å². The van der Waals surface area contributed by atoms with Gasteiger partial charge in [-0.25, -0.2) is 0 Å². The second kappa shape index (κ2) is 5.76. The molecule has 3 amide bonds. The summed E-state index contributed by atoms with van der Waals surface area (Å²) in [4.78, 5) is 37.5. The Bertz CT molecular complexity index is 882. The minimum absolute atomic E-state index is 0.238. The zero-order chi connectivity index (χ0) is 17.6. The van der Waals surface area contributed by atoms with E-state index in [1.807, 2.05) is 19.9 Å². The summed E-state index contributed by atoms with van der Waals surface area (Å²) in [6.45, 7) is 3.78. The van der Waals surface area contributed by atoms with Gasteiger partial charge in [-0.3, -0.25) is 19.3 Å². The van der Waals surface area contributed by atoms with Crippen molar-refractivity contribution in [1.82, 2.24) is 4.90 Å². The average Bonchev–Trinajstić information content (AvgIpc) is 2.75. The van der Waals surface area contributed by atoms with Crippen LogP contribution in [0.3, 0.4) is 0 Å². The Morgan fingerprint density at radius 2 is 1.71 bits per heavy atom. The Morgan fingerprint density at radius 3 is 2.38 bits per heavy atom. The summed E-state index contributed by atoms with van der Waals surface area (Å²) < 4.78 is 0. The smallest absolute Gasteiger partial charge is 0.261 e. The van der Waals surface area contributed by atoms with Crippen molar-refractivity contribution in [3.05, 3.63) is 63.2 Å². The van der Waals surface area contributed by atoms with Crippen molar-refractivity contribution in [3.8, 4) is 0 Å². The van der Waals surface area contributed by atoms with Crippen molar-refractivity contribution in [1.29, 1.82) is 0 Å². The molecule has 3 rings (SSSR count). The number of imide groups is 1. The first kappa shape index (κ1) is 16.2. The van der Waals surface area contributed by atoms with Crippen LogP contribution in [0.15, 0.2) is 30.3 Å². The van der Waals surface area contributed by atoms with Gasteiger partial charge in [0, 0.05) is 12.6 Å². The summed E-state index contributed by atoms with van der Waals surface area (Å²) in [6.07, 6.45) is 0. The molecule has 24 heavy (non-hydrogen) atoms. The molecule has 2 aromatic carbocycles. The Kier molecular flexibility index (Phi) is 3.89. The molecule has 0 bridgehead atoms. The van der Waals surface area contributed by atoms with Crippen molar-refractivity contribution in [2.75, 3.05) is 12.4 Å². The summed E-state index contributed by atoms with van der Waals surface area (Å²) in [5.41, 5.74) is 3.22. The second-order valence-corrected chi connectivity index (χ2v) is 6.23. The van der Waals surface area contributed by atoms with Crippen LogP contribution in [-0.2, 0) is 0 Å². The Morgan fingerprint density at radius 1 is 1.04 bits per heavy atom. The summed E-state index contributed by atoms with van der Waals surface area (Å²) in [5, 5.41) is 3.22. The van der Waals surface area contributed by atoms with Crippen molar-refractivity contribution in [3.63, 3.8) is 0 Å². The van der Waals surface area contributed by atoms with E-state index in [0.29, 0.717) is 21.8 Å². The molecule has 1 heterocycles. The van der Waals surface area contributed by atoms with E-state index in [9.17, 15) is 14.4 Å². The molecule has 2 aromatic rings. The third-order valence-corrected chi connectivity index (χ3v) is 4.32. The number of rotatable bonds is 2. The molecule has 0 aromatic heterocycles. The van der Waals surface area contributed by atoms with Crippen LogP contribution in [0.2, 0.25) is 5.02 Å². The topological polar surface area (TPSA) is 66.5 Å². The zero-order valence-corrected chi connectivity index (χ0v) is 14.2. The number of fused-ring (bicyclic) bond motifs is 1. The SMILES string of the molecule is Cc1cc(C)c(NC(=O)c2ccc3c(c2)C(=O)N(C)C3=O)c(Cl)c1. The average molecular weight is 343 g/mol. The zero-order valence-electron chi connectivity index (χ0n) is 13.4. The lowest BCUT2D eigenvalue weighted by Crippen LogP contribution is -2.24. The molecule has 0 atom stereocenters. The van der Waals surface area contributed by atoms with Gasteiger partial charge in [0.05, 0.1) is 21.8 Å². The van der Waals surface area contributed by atoms with Crippen LogP contribution in [0.4, 0.5) is 5.69 Å². The molecule has 0 saturated carbocycles. The Hall–Kier alpha value is -2.66. The minimum Gasteiger partial charge on any atom is -0.320 e. The van der Waals surface area contributed by atoms with E-state index in [1.54, 1.807) is 6.07 Å². The van der Waals surface area contributed by atoms with E-state index in [0.717, 1.165) is 16.0 Å². The maximum Gasteiger partial charge on any atom is 0.261 e. The van der Waals surface area contributed by atoms with Gasteiger partial charge in [-0.2, -0.15) is 0 Å². The maximum atomic E-state index is 12.5. The van der Waals surface area contributed by atoms with Gasteiger partial charge in [-0.05, 0) is 49.2 Å². The molecule has 1 N–H and O–H groups in total. The molecular weight excluding hydrogens is 328 g/mol. The lowest BCUT2D eigenvalue weighted by Gasteiger charge is -2.12. The second-order valence-electron chi connectivity index (χ2n) is 5.82. The number of halogens is 1. The van der Waals surface area contributed by atoms with Gasteiger partial charge in [0.1, 0.15) is 0 Å². The number of carbonyl (C=O) groups is 3. The molecule has 0 saturated heterocycles.